The first-order valence-corrected chi connectivity index (χ1v) is 14.8. The molecule has 0 amide bonds. The minimum atomic E-state index is -0.409. The Kier molecular flexibility index (Phi) is 6.88. The number of fused-ring (bicyclic) bond motifs is 5. The normalized spacial score (nSPS) is 20.6. The van der Waals surface area contributed by atoms with Gasteiger partial charge < -0.3 is 21.7 Å². The van der Waals surface area contributed by atoms with Crippen LogP contribution in [-0.2, 0) is 9.63 Å². The largest absolute Gasteiger partial charge is 1.00 e. The van der Waals surface area contributed by atoms with Crippen molar-refractivity contribution in [1.29, 1.82) is 0 Å². The van der Waals surface area contributed by atoms with Gasteiger partial charge in [0.05, 0.1) is 0 Å². The molecule has 10 rings (SSSR count). The molecule has 4 aliphatic heterocycles. The summed E-state index contributed by atoms with van der Waals surface area (Å²) in [7, 11) is 0. The second kappa shape index (κ2) is 10.7. The summed E-state index contributed by atoms with van der Waals surface area (Å²) in [4.78, 5) is 19.4. The molecule has 0 unspecified atom stereocenters. The zero-order valence-electron chi connectivity index (χ0n) is 23.3. The van der Waals surface area contributed by atoms with E-state index in [1.165, 1.54) is 51.6 Å². The molecule has 0 aromatic heterocycles. The quantitative estimate of drug-likeness (QED) is 0.187. The average Bonchev–Trinajstić information content (AvgIpc) is 3.03. The van der Waals surface area contributed by atoms with Crippen LogP contribution in [0.2, 0.25) is 0 Å². The van der Waals surface area contributed by atoms with Crippen LogP contribution in [0.25, 0.3) is 32.3 Å². The number of para-hydroxylation sites is 2. The lowest BCUT2D eigenvalue weighted by Gasteiger charge is -2.45. The molecule has 210 valence electrons. The van der Waals surface area contributed by atoms with E-state index < -0.39 is 5.92 Å². The topological polar surface area (TPSA) is 35.5 Å². The fraction of sp³-hybridized carbons (Fsp3) is 0.216. The molecule has 4 aliphatic rings. The summed E-state index contributed by atoms with van der Waals surface area (Å²) in [6.07, 6.45) is 3.52. The molecular weight excluding hydrogens is 586 g/mol. The molecule has 6 aromatic carbocycles. The van der Waals surface area contributed by atoms with Crippen LogP contribution < -0.4 is 21.7 Å². The van der Waals surface area contributed by atoms with Crippen molar-refractivity contribution in [2.24, 2.45) is 5.92 Å². The van der Waals surface area contributed by atoms with Crippen molar-refractivity contribution in [1.82, 2.24) is 0 Å². The number of carbonyl (C=O) groups excluding carboxylic acids is 1. The summed E-state index contributed by atoms with van der Waals surface area (Å²) < 4.78 is 6.51. The second-order valence-electron chi connectivity index (χ2n) is 11.8. The molecule has 0 spiro atoms. The molecule has 0 N–H and O–H groups in total. The first kappa shape index (κ1) is 26.9. The number of nitrogens with zero attached hydrogens (tertiary/aromatic N) is 1. The summed E-state index contributed by atoms with van der Waals surface area (Å²) in [5.74, 6) is 1.78. The fourth-order valence-corrected chi connectivity index (χ4v) is 7.24. The summed E-state index contributed by atoms with van der Waals surface area (Å²) in [5.41, 5.74) is 1.80. The molecule has 3 fully saturated rings. The van der Waals surface area contributed by atoms with E-state index in [2.05, 4.69) is 60.7 Å². The third kappa shape index (κ3) is 4.52. The lowest BCUT2D eigenvalue weighted by molar-refractivity contribution is -1.10. The molecule has 0 aliphatic carbocycles. The number of benzene rings is 6. The summed E-state index contributed by atoms with van der Waals surface area (Å²) in [6.45, 7) is 2.88. The number of quaternary nitrogens is 1. The third-order valence-electron chi connectivity index (χ3n) is 9.43. The molecule has 0 saturated carbocycles. The van der Waals surface area contributed by atoms with Crippen molar-refractivity contribution in [3.8, 4) is 11.5 Å². The Bertz CT molecular complexity index is 1720. The van der Waals surface area contributed by atoms with Gasteiger partial charge in [-0.05, 0) is 50.4 Å². The zero-order chi connectivity index (χ0) is 27.4. The molecule has 42 heavy (non-hydrogen) atoms. The monoisotopic (exact) mass is 617 g/mol. The Morgan fingerprint density at radius 2 is 1.02 bits per heavy atom. The van der Waals surface area contributed by atoms with Crippen LogP contribution in [0.15, 0.2) is 109 Å². The average molecular weight is 619 g/mol. The number of carbonyl (C=O) groups is 1. The van der Waals surface area contributed by atoms with Gasteiger partial charge in [0.1, 0.15) is 37.1 Å². The molecule has 3 saturated heterocycles. The van der Waals surface area contributed by atoms with Crippen molar-refractivity contribution < 1.29 is 36.0 Å². The molecule has 4 nitrogen and oxygen atoms in total. The van der Waals surface area contributed by atoms with Gasteiger partial charge in [-0.25, -0.2) is 4.79 Å². The maximum atomic E-state index is 13.3. The van der Waals surface area contributed by atoms with Crippen molar-refractivity contribution in [2.45, 2.75) is 25.2 Å². The van der Waals surface area contributed by atoms with Gasteiger partial charge in [-0.1, -0.05) is 97.1 Å². The van der Waals surface area contributed by atoms with Crippen molar-refractivity contribution in [3.63, 3.8) is 0 Å². The molecule has 2 bridgehead atoms. The van der Waals surface area contributed by atoms with Crippen LogP contribution in [0, 0.1) is 5.92 Å². The van der Waals surface area contributed by atoms with Crippen molar-refractivity contribution in [2.75, 3.05) is 19.6 Å². The van der Waals surface area contributed by atoms with Crippen LogP contribution in [0.1, 0.15) is 36.3 Å². The van der Waals surface area contributed by atoms with Crippen LogP contribution in [0.5, 0.6) is 11.5 Å². The van der Waals surface area contributed by atoms with Crippen molar-refractivity contribution >= 4 is 38.3 Å². The van der Waals surface area contributed by atoms with E-state index in [4.69, 9.17) is 9.57 Å². The molecule has 0 atom stereocenters. The number of hydrogen-bond acceptors (Lipinski definition) is 3. The van der Waals surface area contributed by atoms with Gasteiger partial charge in [0, 0.05) is 30.4 Å². The van der Waals surface area contributed by atoms with Crippen LogP contribution in [0.3, 0.4) is 0 Å². The minimum absolute atomic E-state index is 0. The number of ether oxygens (including phenoxy) is 1. The highest BCUT2D eigenvalue weighted by Crippen LogP contribution is 2.45. The minimum Gasteiger partial charge on any atom is -1.00 e. The van der Waals surface area contributed by atoms with Gasteiger partial charge >= 0.3 is 5.97 Å². The number of halogens is 1. The standard InChI is InChI=1S/C21H22NO3.C16H10.BrH/c23-21(25-22-12-9-15(10-13-22)11-14-22)20-16-5-1-3-7-18(16)24-19-8-4-2-6-17(19)20;1-3-11-7-9-13-5-2-6-14-10-8-12(4-1)15(11)16(13)14;/h1-8,15,20H,9-14H2;1-10H;1H/q+1;;/p-1. The first-order valence-electron chi connectivity index (χ1n) is 14.8. The molecule has 0 radical (unpaired) electrons. The lowest BCUT2D eigenvalue weighted by Crippen LogP contribution is -3.00. The second-order valence-corrected chi connectivity index (χ2v) is 11.8. The maximum absolute atomic E-state index is 13.3. The van der Waals surface area contributed by atoms with E-state index in [1.54, 1.807) is 0 Å². The predicted octanol–water partition coefficient (Wildman–Crippen LogP) is 5.60. The Balaban J connectivity index is 0.000000146. The summed E-state index contributed by atoms with van der Waals surface area (Å²) in [6, 6.07) is 37.4. The van der Waals surface area contributed by atoms with Gasteiger partial charge in [0.2, 0.25) is 0 Å². The Morgan fingerprint density at radius 3 is 1.48 bits per heavy atom. The predicted molar refractivity (Wildman–Crippen MR) is 163 cm³/mol. The summed E-state index contributed by atoms with van der Waals surface area (Å²) >= 11 is 0. The molecule has 5 heteroatoms. The van der Waals surface area contributed by atoms with E-state index in [0.717, 1.165) is 48.2 Å². The number of hydrogen-bond donors (Lipinski definition) is 0. The van der Waals surface area contributed by atoms with E-state index >= 15 is 0 Å². The van der Waals surface area contributed by atoms with E-state index in [1.807, 2.05) is 48.5 Å². The lowest BCUT2D eigenvalue weighted by atomic mass is 9.87. The Morgan fingerprint density at radius 1 is 0.595 bits per heavy atom. The van der Waals surface area contributed by atoms with Crippen molar-refractivity contribution in [3.05, 3.63) is 120 Å². The van der Waals surface area contributed by atoms with E-state index in [9.17, 15) is 4.79 Å². The SMILES string of the molecule is O=C(O[N+]12CCC(CC1)CC2)C1c2ccccc2Oc2ccccc21.[Br-].c1cc2ccc3cccc4ccc(c1)c2c34. The molecule has 6 aromatic rings. The van der Waals surface area contributed by atoms with Gasteiger partial charge in [-0.2, -0.15) is 0 Å². The highest BCUT2D eigenvalue weighted by atomic mass is 79.9. The third-order valence-corrected chi connectivity index (χ3v) is 9.43. The van der Waals surface area contributed by atoms with Gasteiger partial charge in [-0.3, -0.25) is 4.84 Å². The smallest absolute Gasteiger partial charge is 0.378 e. The summed E-state index contributed by atoms with van der Waals surface area (Å²) in [5, 5.41) is 8.14. The Hall–Kier alpha value is -3.93. The molecular formula is C37H32BrNO3. The van der Waals surface area contributed by atoms with Crippen LogP contribution in [0.4, 0.5) is 0 Å². The fourth-order valence-electron chi connectivity index (χ4n) is 7.24. The molecule has 4 heterocycles. The number of piperidine rings is 3. The first-order chi connectivity index (χ1) is 20.2. The Labute approximate surface area is 256 Å². The van der Waals surface area contributed by atoms with Gasteiger partial charge in [0.15, 0.2) is 0 Å². The number of rotatable bonds is 2. The van der Waals surface area contributed by atoms with Gasteiger partial charge in [-0.15, -0.1) is 4.65 Å². The van der Waals surface area contributed by atoms with Crippen LogP contribution in [-0.4, -0.2) is 30.2 Å². The van der Waals surface area contributed by atoms with E-state index in [0.29, 0.717) is 4.65 Å². The highest BCUT2D eigenvalue weighted by Gasteiger charge is 2.46. The van der Waals surface area contributed by atoms with Crippen LogP contribution >= 0.6 is 0 Å². The zero-order valence-corrected chi connectivity index (χ0v) is 24.9. The highest BCUT2D eigenvalue weighted by molar-refractivity contribution is 6.22. The van der Waals surface area contributed by atoms with E-state index in [-0.39, 0.29) is 23.0 Å². The number of hydroxylamine groups is 3. The van der Waals surface area contributed by atoms with Gasteiger partial charge in [0.25, 0.3) is 0 Å². The maximum Gasteiger partial charge on any atom is 0.378 e.